The van der Waals surface area contributed by atoms with Crippen molar-refractivity contribution >= 4 is 29.5 Å². The van der Waals surface area contributed by atoms with Crippen molar-refractivity contribution in [2.24, 2.45) is 5.73 Å². The summed E-state index contributed by atoms with van der Waals surface area (Å²) in [6, 6.07) is 14.2. The van der Waals surface area contributed by atoms with Crippen molar-refractivity contribution < 1.29 is 14.4 Å². The highest BCUT2D eigenvalue weighted by atomic mass is 16.2. The highest BCUT2D eigenvalue weighted by molar-refractivity contribution is 5.99. The Morgan fingerprint density at radius 1 is 1.08 bits per heavy atom. The van der Waals surface area contributed by atoms with Crippen LogP contribution in [0.15, 0.2) is 54.6 Å². The molecule has 0 spiro atoms. The third-order valence-electron chi connectivity index (χ3n) is 3.43. The summed E-state index contributed by atoms with van der Waals surface area (Å²) in [6.07, 6.45) is 3.04. The van der Waals surface area contributed by atoms with Crippen LogP contribution in [0.2, 0.25) is 0 Å². The molecule has 0 radical (unpaired) electrons. The number of primary amides is 1. The summed E-state index contributed by atoms with van der Waals surface area (Å²) < 4.78 is 0. The van der Waals surface area contributed by atoms with Gasteiger partial charge in [-0.15, -0.1) is 0 Å². The largest absolute Gasteiger partial charge is 0.366 e. The number of hydrogen-bond donors (Lipinski definition) is 3. The van der Waals surface area contributed by atoms with Crippen molar-refractivity contribution in [3.63, 3.8) is 0 Å². The maximum atomic E-state index is 11.9. The highest BCUT2D eigenvalue weighted by Gasteiger charge is 2.08. The predicted octanol–water partition coefficient (Wildman–Crippen LogP) is 1.86. The molecule has 0 unspecified atom stereocenters. The average molecular weight is 337 g/mol. The molecule has 0 atom stereocenters. The maximum Gasteiger partial charge on any atom is 0.248 e. The van der Waals surface area contributed by atoms with Gasteiger partial charge in [0, 0.05) is 17.3 Å². The van der Waals surface area contributed by atoms with Gasteiger partial charge in [-0.1, -0.05) is 30.3 Å². The van der Waals surface area contributed by atoms with Crippen molar-refractivity contribution in [3.8, 4) is 0 Å². The summed E-state index contributed by atoms with van der Waals surface area (Å²) in [4.78, 5) is 34.8. The average Bonchev–Trinajstić information content (AvgIpc) is 2.59. The van der Waals surface area contributed by atoms with Crippen LogP contribution >= 0.6 is 0 Å². The van der Waals surface area contributed by atoms with Crippen LogP contribution < -0.4 is 16.4 Å². The zero-order valence-corrected chi connectivity index (χ0v) is 13.8. The number of aryl methyl sites for hydroxylation is 1. The van der Waals surface area contributed by atoms with E-state index < -0.39 is 5.91 Å². The first-order valence-electron chi connectivity index (χ1n) is 7.67. The lowest BCUT2D eigenvalue weighted by atomic mass is 10.1. The first kappa shape index (κ1) is 17.9. The van der Waals surface area contributed by atoms with E-state index in [1.54, 1.807) is 31.2 Å². The number of carbonyl (C=O) groups excluding carboxylic acids is 3. The van der Waals surface area contributed by atoms with Gasteiger partial charge in [0.2, 0.25) is 17.7 Å². The molecule has 128 valence electrons. The second kappa shape index (κ2) is 8.44. The Labute approximate surface area is 145 Å². The fourth-order valence-corrected chi connectivity index (χ4v) is 2.19. The Balaban J connectivity index is 1.84. The van der Waals surface area contributed by atoms with Crippen molar-refractivity contribution in [1.29, 1.82) is 0 Å². The predicted molar refractivity (Wildman–Crippen MR) is 96.8 cm³/mol. The number of benzene rings is 2. The number of hydrogen-bond acceptors (Lipinski definition) is 3. The van der Waals surface area contributed by atoms with Crippen LogP contribution in [-0.4, -0.2) is 24.3 Å². The van der Waals surface area contributed by atoms with Crippen LogP contribution in [0.25, 0.3) is 6.08 Å². The fraction of sp³-hybridized carbons (Fsp3) is 0.105. The lowest BCUT2D eigenvalue weighted by Crippen LogP contribution is -2.31. The topological polar surface area (TPSA) is 101 Å². The molecular formula is C19H19N3O3. The fourth-order valence-electron chi connectivity index (χ4n) is 2.19. The zero-order chi connectivity index (χ0) is 18.2. The van der Waals surface area contributed by atoms with Gasteiger partial charge in [-0.05, 0) is 42.3 Å². The van der Waals surface area contributed by atoms with E-state index in [9.17, 15) is 14.4 Å². The van der Waals surface area contributed by atoms with Crippen LogP contribution in [0.4, 0.5) is 5.69 Å². The molecule has 2 aromatic rings. The Bertz CT molecular complexity index is 814. The second-order valence-corrected chi connectivity index (χ2v) is 5.40. The molecule has 0 fully saturated rings. The Hall–Kier alpha value is -3.41. The maximum absolute atomic E-state index is 11.9. The van der Waals surface area contributed by atoms with E-state index in [2.05, 4.69) is 10.6 Å². The lowest BCUT2D eigenvalue weighted by Gasteiger charge is -2.08. The van der Waals surface area contributed by atoms with Gasteiger partial charge >= 0.3 is 0 Å². The number of nitrogens with one attached hydrogen (secondary N) is 2. The van der Waals surface area contributed by atoms with E-state index in [1.165, 1.54) is 6.08 Å². The summed E-state index contributed by atoms with van der Waals surface area (Å²) in [5.41, 5.74) is 7.73. The minimum atomic E-state index is -0.521. The summed E-state index contributed by atoms with van der Waals surface area (Å²) in [5.74, 6) is -1.25. The third kappa shape index (κ3) is 5.62. The molecule has 0 aromatic heterocycles. The van der Waals surface area contributed by atoms with Crippen LogP contribution in [0.5, 0.6) is 0 Å². The van der Waals surface area contributed by atoms with E-state index in [0.717, 1.165) is 5.56 Å². The Morgan fingerprint density at radius 2 is 1.80 bits per heavy atom. The first-order valence-corrected chi connectivity index (χ1v) is 7.67. The molecule has 6 nitrogen and oxygen atoms in total. The number of carbonyl (C=O) groups is 3. The van der Waals surface area contributed by atoms with Gasteiger partial charge in [0.05, 0.1) is 6.54 Å². The smallest absolute Gasteiger partial charge is 0.248 e. The summed E-state index contributed by atoms with van der Waals surface area (Å²) >= 11 is 0. The van der Waals surface area contributed by atoms with Gasteiger partial charge in [-0.2, -0.15) is 0 Å². The number of nitrogens with two attached hydrogens (primary N) is 1. The molecular weight excluding hydrogens is 318 g/mol. The van der Waals surface area contributed by atoms with Crippen LogP contribution in [0.1, 0.15) is 21.5 Å². The molecule has 25 heavy (non-hydrogen) atoms. The number of amides is 3. The van der Waals surface area contributed by atoms with E-state index >= 15 is 0 Å². The molecule has 6 heteroatoms. The van der Waals surface area contributed by atoms with Crippen molar-refractivity contribution in [1.82, 2.24) is 5.32 Å². The van der Waals surface area contributed by atoms with Gasteiger partial charge in [0.1, 0.15) is 0 Å². The van der Waals surface area contributed by atoms with Crippen molar-refractivity contribution in [3.05, 3.63) is 71.3 Å². The Kier molecular flexibility index (Phi) is 6.06. The zero-order valence-electron chi connectivity index (χ0n) is 13.8. The molecule has 0 aliphatic heterocycles. The normalized spacial score (nSPS) is 10.4. The van der Waals surface area contributed by atoms with Gasteiger partial charge in [-0.3, -0.25) is 14.4 Å². The second-order valence-electron chi connectivity index (χ2n) is 5.40. The van der Waals surface area contributed by atoms with Gasteiger partial charge in [-0.25, -0.2) is 0 Å². The van der Waals surface area contributed by atoms with Crippen LogP contribution in [0.3, 0.4) is 0 Å². The third-order valence-corrected chi connectivity index (χ3v) is 3.43. The summed E-state index contributed by atoms with van der Waals surface area (Å²) in [6.45, 7) is 1.57. The molecule has 0 aliphatic rings. The molecule has 2 aromatic carbocycles. The molecule has 0 saturated heterocycles. The number of rotatable bonds is 6. The lowest BCUT2D eigenvalue weighted by molar-refractivity contribution is -0.121. The van der Waals surface area contributed by atoms with Crippen molar-refractivity contribution in [2.45, 2.75) is 6.92 Å². The summed E-state index contributed by atoms with van der Waals surface area (Å²) in [5, 5.41) is 5.15. The molecule has 2 rings (SSSR count). The molecule has 0 aliphatic carbocycles. The molecule has 4 N–H and O–H groups in total. The van der Waals surface area contributed by atoms with Gasteiger partial charge < -0.3 is 16.4 Å². The van der Waals surface area contributed by atoms with E-state index in [0.29, 0.717) is 16.8 Å². The highest BCUT2D eigenvalue weighted by Crippen LogP contribution is 2.14. The monoisotopic (exact) mass is 337 g/mol. The first-order chi connectivity index (χ1) is 12.0. The minimum absolute atomic E-state index is 0.158. The molecule has 0 saturated carbocycles. The van der Waals surface area contributed by atoms with E-state index in [1.807, 2.05) is 30.3 Å². The van der Waals surface area contributed by atoms with Crippen molar-refractivity contribution in [2.75, 3.05) is 11.9 Å². The Morgan fingerprint density at radius 3 is 2.44 bits per heavy atom. The SMILES string of the molecule is Cc1cc(NC(=O)CNC(=O)/C=C\c2ccccc2)ccc1C(N)=O. The molecule has 0 bridgehead atoms. The molecule has 3 amide bonds. The summed E-state index contributed by atoms with van der Waals surface area (Å²) in [7, 11) is 0. The van der Waals surface area contributed by atoms with Gasteiger partial charge in [0.25, 0.3) is 0 Å². The van der Waals surface area contributed by atoms with Crippen LogP contribution in [0, 0.1) is 6.92 Å². The molecule has 0 heterocycles. The number of anilines is 1. The van der Waals surface area contributed by atoms with E-state index in [4.69, 9.17) is 5.73 Å². The van der Waals surface area contributed by atoms with E-state index in [-0.39, 0.29) is 18.4 Å². The standard InChI is InChI=1S/C19H19N3O3/c1-13-11-15(8-9-16(13)19(20)25)22-18(24)12-21-17(23)10-7-14-5-3-2-4-6-14/h2-11H,12H2,1H3,(H2,20,25)(H,21,23)(H,22,24)/b10-7-. The van der Waals surface area contributed by atoms with Crippen LogP contribution in [-0.2, 0) is 9.59 Å². The minimum Gasteiger partial charge on any atom is -0.366 e. The van der Waals surface area contributed by atoms with Gasteiger partial charge in [0.15, 0.2) is 0 Å². The quantitative estimate of drug-likeness (QED) is 0.701.